The zero-order valence-corrected chi connectivity index (χ0v) is 13.8. The van der Waals surface area contributed by atoms with Crippen LogP contribution in [0.3, 0.4) is 0 Å². The van der Waals surface area contributed by atoms with E-state index in [9.17, 15) is 9.18 Å². The summed E-state index contributed by atoms with van der Waals surface area (Å²) in [4.78, 5) is 14.3. The lowest BCUT2D eigenvalue weighted by Crippen LogP contribution is -2.26. The minimum Gasteiger partial charge on any atom is -0.341 e. The molecule has 0 aliphatic rings. The van der Waals surface area contributed by atoms with Crippen LogP contribution in [-0.4, -0.2) is 23.6 Å². The molecule has 0 aliphatic carbocycles. The fraction of sp³-hybridized carbons (Fsp3) is 0.235. The summed E-state index contributed by atoms with van der Waals surface area (Å²) >= 11 is 7.20. The molecule has 0 atom stereocenters. The van der Waals surface area contributed by atoms with Crippen LogP contribution in [0.25, 0.3) is 0 Å². The smallest absolute Gasteiger partial charge is 0.223 e. The van der Waals surface area contributed by atoms with Gasteiger partial charge in [-0.05, 0) is 29.8 Å². The number of rotatable bonds is 6. The normalized spacial score (nSPS) is 10.5. The Hall–Kier alpha value is -1.52. The van der Waals surface area contributed by atoms with Crippen LogP contribution in [-0.2, 0) is 11.3 Å². The fourth-order valence-electron chi connectivity index (χ4n) is 1.95. The third-order valence-corrected chi connectivity index (χ3v) is 4.47. The van der Waals surface area contributed by atoms with E-state index in [1.165, 1.54) is 17.8 Å². The van der Waals surface area contributed by atoms with Crippen molar-refractivity contribution in [2.24, 2.45) is 0 Å². The van der Waals surface area contributed by atoms with Crippen LogP contribution in [0.4, 0.5) is 4.39 Å². The molecule has 5 heteroatoms. The molecule has 1 amide bonds. The van der Waals surface area contributed by atoms with Gasteiger partial charge >= 0.3 is 0 Å². The Morgan fingerprint density at radius 2 is 1.86 bits per heavy atom. The molecule has 2 aromatic carbocycles. The van der Waals surface area contributed by atoms with Gasteiger partial charge in [-0.1, -0.05) is 35.9 Å². The van der Waals surface area contributed by atoms with Crippen molar-refractivity contribution in [3.05, 3.63) is 64.9 Å². The molecule has 0 unspecified atom stereocenters. The predicted octanol–water partition coefficient (Wildman–Crippen LogP) is 4.62. The zero-order chi connectivity index (χ0) is 15.9. The van der Waals surface area contributed by atoms with E-state index < -0.39 is 0 Å². The summed E-state index contributed by atoms with van der Waals surface area (Å²) < 4.78 is 13.5. The van der Waals surface area contributed by atoms with Gasteiger partial charge in [0.2, 0.25) is 5.91 Å². The van der Waals surface area contributed by atoms with Crippen molar-refractivity contribution in [3.8, 4) is 0 Å². The Bertz CT molecular complexity index is 633. The summed E-state index contributed by atoms with van der Waals surface area (Å²) in [7, 11) is 1.77. The van der Waals surface area contributed by atoms with E-state index >= 15 is 0 Å². The van der Waals surface area contributed by atoms with Crippen LogP contribution in [0.15, 0.2) is 53.4 Å². The number of hydrogen-bond donors (Lipinski definition) is 0. The van der Waals surface area contributed by atoms with E-state index in [1.807, 2.05) is 24.3 Å². The molecule has 2 rings (SSSR count). The molecule has 116 valence electrons. The number of thioether (sulfide) groups is 1. The van der Waals surface area contributed by atoms with Gasteiger partial charge in [-0.2, -0.15) is 0 Å². The molecular weight excluding hydrogens is 321 g/mol. The third-order valence-electron chi connectivity index (χ3n) is 3.17. The number of halogens is 2. The summed E-state index contributed by atoms with van der Waals surface area (Å²) in [5.74, 6) is 0.360. The van der Waals surface area contributed by atoms with Crippen molar-refractivity contribution in [2.45, 2.75) is 17.9 Å². The van der Waals surface area contributed by atoms with Crippen LogP contribution in [0.2, 0.25) is 5.02 Å². The van der Waals surface area contributed by atoms with E-state index in [4.69, 9.17) is 11.6 Å². The highest BCUT2D eigenvalue weighted by molar-refractivity contribution is 7.99. The largest absolute Gasteiger partial charge is 0.341 e. The first-order valence-electron chi connectivity index (χ1n) is 6.92. The van der Waals surface area contributed by atoms with Crippen molar-refractivity contribution < 1.29 is 9.18 Å². The van der Waals surface area contributed by atoms with E-state index in [-0.39, 0.29) is 11.7 Å². The average molecular weight is 338 g/mol. The van der Waals surface area contributed by atoms with Gasteiger partial charge in [0, 0.05) is 35.7 Å². The molecule has 0 aliphatic heterocycles. The quantitative estimate of drug-likeness (QED) is 0.717. The molecule has 0 saturated heterocycles. The summed E-state index contributed by atoms with van der Waals surface area (Å²) in [6.07, 6.45) is 0.378. The molecule has 2 nitrogen and oxygen atoms in total. The maximum atomic E-state index is 13.5. The van der Waals surface area contributed by atoms with Gasteiger partial charge in [0.25, 0.3) is 0 Å². The average Bonchev–Trinajstić information content (AvgIpc) is 2.51. The van der Waals surface area contributed by atoms with Crippen molar-refractivity contribution >= 4 is 29.3 Å². The van der Waals surface area contributed by atoms with Crippen molar-refractivity contribution in [3.63, 3.8) is 0 Å². The minimum atomic E-state index is -0.241. The van der Waals surface area contributed by atoms with Gasteiger partial charge in [0.1, 0.15) is 5.82 Å². The van der Waals surface area contributed by atoms with Gasteiger partial charge in [0.05, 0.1) is 0 Å². The monoisotopic (exact) mass is 337 g/mol. The number of nitrogens with zero attached hydrogens (tertiary/aromatic N) is 1. The van der Waals surface area contributed by atoms with E-state index in [2.05, 4.69) is 0 Å². The van der Waals surface area contributed by atoms with Gasteiger partial charge < -0.3 is 4.90 Å². The second-order valence-electron chi connectivity index (χ2n) is 4.91. The lowest BCUT2D eigenvalue weighted by molar-refractivity contribution is -0.129. The number of amides is 1. The highest BCUT2D eigenvalue weighted by Gasteiger charge is 2.10. The van der Waals surface area contributed by atoms with Crippen LogP contribution in [0, 0.1) is 5.82 Å². The van der Waals surface area contributed by atoms with E-state index in [0.717, 1.165) is 5.56 Å². The molecule has 0 radical (unpaired) electrons. The summed E-state index contributed by atoms with van der Waals surface area (Å²) in [6, 6.07) is 14.0. The molecule has 0 spiro atoms. The number of benzene rings is 2. The fourth-order valence-corrected chi connectivity index (χ4v) is 2.96. The second kappa shape index (κ2) is 8.20. The minimum absolute atomic E-state index is 0.0405. The molecule has 0 N–H and O–H groups in total. The Morgan fingerprint density at radius 1 is 1.18 bits per heavy atom. The maximum Gasteiger partial charge on any atom is 0.223 e. The first-order chi connectivity index (χ1) is 10.6. The number of carbonyl (C=O) groups excluding carboxylic acids is 1. The third kappa shape index (κ3) is 5.04. The van der Waals surface area contributed by atoms with E-state index in [0.29, 0.717) is 28.6 Å². The van der Waals surface area contributed by atoms with Crippen LogP contribution in [0.5, 0.6) is 0 Å². The molecule has 22 heavy (non-hydrogen) atoms. The molecule has 0 fully saturated rings. The Balaban J connectivity index is 1.79. The maximum absolute atomic E-state index is 13.5. The first-order valence-corrected chi connectivity index (χ1v) is 8.28. The molecule has 2 aromatic rings. The summed E-state index contributed by atoms with van der Waals surface area (Å²) in [5, 5.41) is 0.680. The van der Waals surface area contributed by atoms with Gasteiger partial charge in [-0.3, -0.25) is 4.79 Å². The Kier molecular flexibility index (Phi) is 6.28. The molecule has 0 bridgehead atoms. The van der Waals surface area contributed by atoms with Gasteiger partial charge in [-0.25, -0.2) is 4.39 Å². The SMILES string of the molecule is CN(Cc1ccc(Cl)cc1)C(=O)CCSc1ccccc1F. The molecule has 0 heterocycles. The van der Waals surface area contributed by atoms with Gasteiger partial charge in [-0.15, -0.1) is 11.8 Å². The van der Waals surface area contributed by atoms with Crippen LogP contribution in [0.1, 0.15) is 12.0 Å². The zero-order valence-electron chi connectivity index (χ0n) is 12.3. The van der Waals surface area contributed by atoms with Crippen molar-refractivity contribution in [2.75, 3.05) is 12.8 Å². The predicted molar refractivity (Wildman–Crippen MR) is 89.7 cm³/mol. The molecule has 0 aromatic heterocycles. The Labute approximate surface area is 139 Å². The molecule has 0 saturated carbocycles. The van der Waals surface area contributed by atoms with Gasteiger partial charge in [0.15, 0.2) is 0 Å². The van der Waals surface area contributed by atoms with Crippen molar-refractivity contribution in [1.82, 2.24) is 4.90 Å². The lowest BCUT2D eigenvalue weighted by Gasteiger charge is -2.17. The standard InChI is InChI=1S/C17H17ClFNOS/c1-20(12-13-6-8-14(18)9-7-13)17(21)10-11-22-16-5-3-2-4-15(16)19/h2-9H,10-12H2,1H3. The lowest BCUT2D eigenvalue weighted by atomic mass is 10.2. The summed E-state index contributed by atoms with van der Waals surface area (Å²) in [6.45, 7) is 0.542. The number of carbonyl (C=O) groups is 1. The van der Waals surface area contributed by atoms with Crippen molar-refractivity contribution in [1.29, 1.82) is 0 Å². The first kappa shape index (κ1) is 16.8. The highest BCUT2D eigenvalue weighted by Crippen LogP contribution is 2.22. The van der Waals surface area contributed by atoms with Crippen LogP contribution >= 0.6 is 23.4 Å². The molecular formula is C17H17ClFNOS. The van der Waals surface area contributed by atoms with Crippen LogP contribution < -0.4 is 0 Å². The topological polar surface area (TPSA) is 20.3 Å². The highest BCUT2D eigenvalue weighted by atomic mass is 35.5. The Morgan fingerprint density at radius 3 is 2.55 bits per heavy atom. The summed E-state index contributed by atoms with van der Waals surface area (Å²) in [5.41, 5.74) is 1.03. The number of hydrogen-bond acceptors (Lipinski definition) is 2. The second-order valence-corrected chi connectivity index (χ2v) is 6.48. The van der Waals surface area contributed by atoms with E-state index in [1.54, 1.807) is 30.1 Å².